The standard InChI is InChI=1S/C12H16F3NO3S/c1-9(2)7-10-3-5-11(6-4-10)20(17,18)16-19-8-12(13,14)15/h3-6,9,16H,7-8H2,1-2H3. The van der Waals surface area contributed by atoms with Gasteiger partial charge in [0.1, 0.15) is 0 Å². The molecule has 0 atom stereocenters. The molecule has 4 nitrogen and oxygen atoms in total. The minimum Gasteiger partial charge on any atom is -0.277 e. The van der Waals surface area contributed by atoms with Gasteiger partial charge in [0.15, 0.2) is 6.61 Å². The van der Waals surface area contributed by atoms with E-state index in [-0.39, 0.29) is 4.90 Å². The van der Waals surface area contributed by atoms with Crippen LogP contribution in [-0.2, 0) is 21.3 Å². The topological polar surface area (TPSA) is 55.4 Å². The van der Waals surface area contributed by atoms with Crippen LogP contribution in [0, 0.1) is 5.92 Å². The SMILES string of the molecule is CC(C)Cc1ccc(S(=O)(=O)NOCC(F)(F)F)cc1. The highest BCUT2D eigenvalue weighted by atomic mass is 32.2. The molecule has 1 rings (SSSR count). The Hall–Kier alpha value is -1.12. The Morgan fingerprint density at radius 3 is 2.20 bits per heavy atom. The van der Waals surface area contributed by atoms with Gasteiger partial charge in [-0.3, -0.25) is 4.84 Å². The van der Waals surface area contributed by atoms with Crippen LogP contribution in [-0.4, -0.2) is 21.2 Å². The average molecular weight is 311 g/mol. The van der Waals surface area contributed by atoms with Crippen molar-refractivity contribution in [2.24, 2.45) is 5.92 Å². The lowest BCUT2D eigenvalue weighted by Crippen LogP contribution is -2.29. The average Bonchev–Trinajstić information content (AvgIpc) is 2.26. The number of rotatable bonds is 6. The summed E-state index contributed by atoms with van der Waals surface area (Å²) in [6.07, 6.45) is -3.80. The maximum absolute atomic E-state index is 11.8. The number of nitrogens with one attached hydrogen (secondary N) is 1. The molecule has 8 heteroatoms. The van der Waals surface area contributed by atoms with Crippen molar-refractivity contribution in [1.29, 1.82) is 0 Å². The Balaban J connectivity index is 2.68. The van der Waals surface area contributed by atoms with Gasteiger partial charge in [0, 0.05) is 0 Å². The predicted octanol–water partition coefficient (Wildman–Crippen LogP) is 2.66. The second kappa shape index (κ2) is 6.55. The summed E-state index contributed by atoms with van der Waals surface area (Å²) in [4.78, 5) is 5.25. The Bertz CT molecular complexity index is 524. The Morgan fingerprint density at radius 2 is 1.75 bits per heavy atom. The molecule has 1 aromatic carbocycles. The Morgan fingerprint density at radius 1 is 1.20 bits per heavy atom. The van der Waals surface area contributed by atoms with Gasteiger partial charge in [-0.1, -0.05) is 30.9 Å². The molecule has 0 saturated heterocycles. The zero-order valence-corrected chi connectivity index (χ0v) is 11.9. The summed E-state index contributed by atoms with van der Waals surface area (Å²) in [7, 11) is -4.10. The summed E-state index contributed by atoms with van der Waals surface area (Å²) in [5.41, 5.74) is 0.954. The van der Waals surface area contributed by atoms with Crippen molar-refractivity contribution in [2.45, 2.75) is 31.3 Å². The van der Waals surface area contributed by atoms with E-state index in [1.807, 2.05) is 13.8 Å². The molecule has 20 heavy (non-hydrogen) atoms. The number of alkyl halides is 3. The molecule has 0 heterocycles. The molecule has 0 fully saturated rings. The van der Waals surface area contributed by atoms with Crippen molar-refractivity contribution in [3.63, 3.8) is 0 Å². The van der Waals surface area contributed by atoms with Crippen LogP contribution >= 0.6 is 0 Å². The molecule has 0 radical (unpaired) electrons. The molecular weight excluding hydrogens is 295 g/mol. The molecule has 0 amide bonds. The monoisotopic (exact) mass is 311 g/mol. The molecular formula is C12H16F3NO3S. The first-order valence-corrected chi connectivity index (χ1v) is 7.38. The molecule has 0 bridgehead atoms. The fourth-order valence-corrected chi connectivity index (χ4v) is 2.32. The number of hydrogen-bond donors (Lipinski definition) is 1. The number of halogens is 3. The Kier molecular flexibility index (Phi) is 5.55. The van der Waals surface area contributed by atoms with Crippen LogP contribution in [0.15, 0.2) is 29.2 Å². The fourth-order valence-electron chi connectivity index (χ4n) is 1.51. The summed E-state index contributed by atoms with van der Waals surface area (Å²) in [5.74, 6) is 0.422. The lowest BCUT2D eigenvalue weighted by atomic mass is 10.0. The van der Waals surface area contributed by atoms with Crippen LogP contribution in [0.25, 0.3) is 0 Å². The highest BCUT2D eigenvalue weighted by Gasteiger charge is 2.29. The van der Waals surface area contributed by atoms with Gasteiger partial charge >= 0.3 is 6.18 Å². The molecule has 1 N–H and O–H groups in total. The molecule has 0 aliphatic heterocycles. The molecule has 114 valence electrons. The van der Waals surface area contributed by atoms with Gasteiger partial charge in [0.25, 0.3) is 10.0 Å². The number of sulfonamides is 1. The van der Waals surface area contributed by atoms with Gasteiger partial charge < -0.3 is 0 Å². The normalized spacial score (nSPS) is 12.9. The molecule has 0 aromatic heterocycles. The Labute approximate surface area is 115 Å². The van der Waals surface area contributed by atoms with Crippen LogP contribution in [0.1, 0.15) is 19.4 Å². The van der Waals surface area contributed by atoms with Crippen LogP contribution in [0.4, 0.5) is 13.2 Å². The molecule has 1 aromatic rings. The summed E-state index contributed by atoms with van der Waals surface area (Å²) in [6.45, 7) is 2.37. The van der Waals surface area contributed by atoms with Gasteiger partial charge in [0.05, 0.1) is 4.90 Å². The summed E-state index contributed by atoms with van der Waals surface area (Å²) < 4.78 is 58.8. The number of benzene rings is 1. The van der Waals surface area contributed by atoms with E-state index < -0.39 is 22.8 Å². The maximum atomic E-state index is 11.8. The second-order valence-electron chi connectivity index (χ2n) is 4.73. The third kappa shape index (κ3) is 5.89. The van der Waals surface area contributed by atoms with Gasteiger partial charge in [0.2, 0.25) is 0 Å². The first-order valence-electron chi connectivity index (χ1n) is 5.89. The van der Waals surface area contributed by atoms with E-state index in [4.69, 9.17) is 0 Å². The first-order chi connectivity index (χ1) is 9.10. The van der Waals surface area contributed by atoms with Crippen molar-refractivity contribution in [1.82, 2.24) is 4.89 Å². The van der Waals surface area contributed by atoms with Crippen molar-refractivity contribution in [3.8, 4) is 0 Å². The van der Waals surface area contributed by atoms with Crippen LogP contribution in [0.2, 0.25) is 0 Å². The molecule has 0 aliphatic carbocycles. The summed E-state index contributed by atoms with van der Waals surface area (Å²) in [6, 6.07) is 5.91. The molecule has 0 aliphatic rings. The summed E-state index contributed by atoms with van der Waals surface area (Å²) >= 11 is 0. The smallest absolute Gasteiger partial charge is 0.277 e. The minimum absolute atomic E-state index is 0.146. The van der Waals surface area contributed by atoms with E-state index in [0.717, 1.165) is 12.0 Å². The van der Waals surface area contributed by atoms with E-state index in [2.05, 4.69) is 4.84 Å². The second-order valence-corrected chi connectivity index (χ2v) is 6.38. The van der Waals surface area contributed by atoms with Crippen LogP contribution in [0.5, 0.6) is 0 Å². The van der Waals surface area contributed by atoms with Crippen molar-refractivity contribution in [2.75, 3.05) is 6.61 Å². The lowest BCUT2D eigenvalue weighted by Gasteiger charge is -2.10. The van der Waals surface area contributed by atoms with E-state index in [1.165, 1.54) is 17.0 Å². The lowest BCUT2D eigenvalue weighted by molar-refractivity contribution is -0.181. The molecule has 0 saturated carbocycles. The summed E-state index contributed by atoms with van der Waals surface area (Å²) in [5, 5.41) is 0. The van der Waals surface area contributed by atoms with Gasteiger partial charge in [-0.2, -0.15) is 13.2 Å². The van der Waals surface area contributed by atoms with Crippen molar-refractivity contribution >= 4 is 10.0 Å². The highest BCUT2D eigenvalue weighted by Crippen LogP contribution is 2.16. The zero-order valence-electron chi connectivity index (χ0n) is 11.1. The third-order valence-electron chi connectivity index (χ3n) is 2.28. The van der Waals surface area contributed by atoms with Crippen LogP contribution in [0.3, 0.4) is 0 Å². The quantitative estimate of drug-likeness (QED) is 0.822. The minimum atomic E-state index is -4.59. The molecule has 0 unspecified atom stereocenters. The highest BCUT2D eigenvalue weighted by molar-refractivity contribution is 7.89. The third-order valence-corrected chi connectivity index (χ3v) is 3.51. The predicted molar refractivity (Wildman–Crippen MR) is 67.3 cm³/mol. The van der Waals surface area contributed by atoms with Crippen LogP contribution < -0.4 is 4.89 Å². The van der Waals surface area contributed by atoms with Crippen molar-refractivity contribution in [3.05, 3.63) is 29.8 Å². The number of hydrogen-bond acceptors (Lipinski definition) is 3. The van der Waals surface area contributed by atoms with Gasteiger partial charge in [-0.05, 0) is 30.0 Å². The maximum Gasteiger partial charge on any atom is 0.413 e. The fraction of sp³-hybridized carbons (Fsp3) is 0.500. The molecule has 0 spiro atoms. The zero-order chi connectivity index (χ0) is 15.4. The van der Waals surface area contributed by atoms with Gasteiger partial charge in [-0.25, -0.2) is 8.42 Å². The van der Waals surface area contributed by atoms with E-state index >= 15 is 0 Å². The first kappa shape index (κ1) is 16.9. The van der Waals surface area contributed by atoms with Gasteiger partial charge in [-0.15, -0.1) is 0 Å². The van der Waals surface area contributed by atoms with E-state index in [1.54, 1.807) is 12.1 Å². The van der Waals surface area contributed by atoms with E-state index in [9.17, 15) is 21.6 Å². The van der Waals surface area contributed by atoms with Crippen molar-refractivity contribution < 1.29 is 26.4 Å². The largest absolute Gasteiger partial charge is 0.413 e. The van der Waals surface area contributed by atoms with E-state index in [0.29, 0.717) is 5.92 Å².